The van der Waals surface area contributed by atoms with Crippen LogP contribution in [-0.4, -0.2) is 38.0 Å². The molecule has 27 heavy (non-hydrogen) atoms. The van der Waals surface area contributed by atoms with Gasteiger partial charge in [0.25, 0.3) is 0 Å². The molecule has 2 aromatic heterocycles. The van der Waals surface area contributed by atoms with E-state index in [2.05, 4.69) is 15.6 Å². The van der Waals surface area contributed by atoms with Gasteiger partial charge in [-0.15, -0.1) is 0 Å². The predicted molar refractivity (Wildman–Crippen MR) is 107 cm³/mol. The minimum Gasteiger partial charge on any atom is -0.342 e. The lowest BCUT2D eigenvalue weighted by molar-refractivity contribution is -0.133. The van der Waals surface area contributed by atoms with E-state index >= 15 is 0 Å². The predicted octanol–water partition coefficient (Wildman–Crippen LogP) is 2.90. The molecule has 1 atom stereocenters. The minimum absolute atomic E-state index is 0.0174. The number of para-hydroxylation sites is 2. The maximum absolute atomic E-state index is 12.7. The van der Waals surface area contributed by atoms with Crippen molar-refractivity contribution in [2.75, 3.05) is 13.1 Å². The average molecular weight is 385 g/mol. The Hall–Kier alpha value is -2.41. The van der Waals surface area contributed by atoms with E-state index in [0.29, 0.717) is 18.9 Å². The second-order valence-corrected chi connectivity index (χ2v) is 8.10. The summed E-state index contributed by atoms with van der Waals surface area (Å²) in [6.07, 6.45) is 4.44. The molecule has 1 aliphatic rings. The highest BCUT2D eigenvalue weighted by Crippen LogP contribution is 2.21. The van der Waals surface area contributed by atoms with Gasteiger partial charge in [0.2, 0.25) is 5.91 Å². The average Bonchev–Trinajstić information content (AvgIpc) is 3.23. The van der Waals surface area contributed by atoms with Crippen molar-refractivity contribution in [3.8, 4) is 0 Å². The SMILES string of the molecule is Cc1csc(=O)n1CCC(=O)N1CCCC(Cn2cnc3ccccc32)C1. The van der Waals surface area contributed by atoms with E-state index in [4.69, 9.17) is 0 Å². The maximum Gasteiger partial charge on any atom is 0.307 e. The Balaban J connectivity index is 1.37. The lowest BCUT2D eigenvalue weighted by Crippen LogP contribution is -2.41. The Morgan fingerprint density at radius 3 is 3.00 bits per heavy atom. The number of aromatic nitrogens is 3. The smallest absolute Gasteiger partial charge is 0.307 e. The monoisotopic (exact) mass is 384 g/mol. The van der Waals surface area contributed by atoms with Crippen LogP contribution in [0.5, 0.6) is 0 Å². The standard InChI is InChI=1S/C20H24N4O2S/c1-15-13-27-20(26)24(15)10-8-19(25)22-9-4-5-16(11-22)12-23-14-21-17-6-2-3-7-18(17)23/h2-3,6-7,13-14,16H,4-5,8-12H2,1H3. The number of carbonyl (C=O) groups excluding carboxylic acids is 1. The summed E-state index contributed by atoms with van der Waals surface area (Å²) in [7, 11) is 0. The van der Waals surface area contributed by atoms with Crippen molar-refractivity contribution in [2.24, 2.45) is 5.92 Å². The molecule has 0 spiro atoms. The van der Waals surface area contributed by atoms with Gasteiger partial charge in [-0.2, -0.15) is 0 Å². The third-order valence-electron chi connectivity index (χ3n) is 5.38. The van der Waals surface area contributed by atoms with Gasteiger partial charge in [0.05, 0.1) is 17.4 Å². The topological polar surface area (TPSA) is 60.1 Å². The van der Waals surface area contributed by atoms with Crippen LogP contribution >= 0.6 is 11.3 Å². The fourth-order valence-corrected chi connectivity index (χ4v) is 4.68. The van der Waals surface area contributed by atoms with E-state index in [1.165, 1.54) is 11.3 Å². The highest BCUT2D eigenvalue weighted by atomic mass is 32.1. The zero-order valence-electron chi connectivity index (χ0n) is 15.5. The number of fused-ring (bicyclic) bond motifs is 1. The summed E-state index contributed by atoms with van der Waals surface area (Å²) in [6.45, 7) is 4.86. The molecule has 1 unspecified atom stereocenters. The van der Waals surface area contributed by atoms with Gasteiger partial charge in [-0.1, -0.05) is 23.5 Å². The van der Waals surface area contributed by atoms with E-state index < -0.39 is 0 Å². The van der Waals surface area contributed by atoms with Crippen LogP contribution in [0.4, 0.5) is 0 Å². The molecule has 6 nitrogen and oxygen atoms in total. The summed E-state index contributed by atoms with van der Waals surface area (Å²) in [4.78, 5) is 30.9. The van der Waals surface area contributed by atoms with Gasteiger partial charge >= 0.3 is 4.87 Å². The van der Waals surface area contributed by atoms with E-state index in [9.17, 15) is 9.59 Å². The van der Waals surface area contributed by atoms with Crippen LogP contribution in [0.2, 0.25) is 0 Å². The number of benzene rings is 1. The van der Waals surface area contributed by atoms with Gasteiger partial charge in [-0.25, -0.2) is 4.98 Å². The molecule has 1 saturated heterocycles. The Kier molecular flexibility index (Phi) is 5.11. The summed E-state index contributed by atoms with van der Waals surface area (Å²) >= 11 is 1.20. The largest absolute Gasteiger partial charge is 0.342 e. The number of hydrogen-bond donors (Lipinski definition) is 0. The van der Waals surface area contributed by atoms with Crippen molar-refractivity contribution in [3.05, 3.63) is 51.3 Å². The first-order valence-electron chi connectivity index (χ1n) is 9.44. The number of imidazole rings is 1. The van der Waals surface area contributed by atoms with Gasteiger partial charge in [0.1, 0.15) is 0 Å². The molecular weight excluding hydrogens is 360 g/mol. The molecule has 0 N–H and O–H groups in total. The van der Waals surface area contributed by atoms with Crippen LogP contribution in [0.1, 0.15) is 25.0 Å². The summed E-state index contributed by atoms with van der Waals surface area (Å²) in [6, 6.07) is 8.15. The third-order valence-corrected chi connectivity index (χ3v) is 6.26. The van der Waals surface area contributed by atoms with Crippen molar-refractivity contribution >= 4 is 28.3 Å². The summed E-state index contributed by atoms with van der Waals surface area (Å²) < 4.78 is 3.89. The summed E-state index contributed by atoms with van der Waals surface area (Å²) in [5.74, 6) is 0.582. The van der Waals surface area contributed by atoms with Crippen LogP contribution in [0.3, 0.4) is 0 Å². The first-order valence-corrected chi connectivity index (χ1v) is 10.3. The van der Waals surface area contributed by atoms with Crippen molar-refractivity contribution in [3.63, 3.8) is 0 Å². The van der Waals surface area contributed by atoms with Crippen molar-refractivity contribution in [1.82, 2.24) is 19.0 Å². The van der Waals surface area contributed by atoms with E-state index in [1.807, 2.05) is 41.7 Å². The number of carbonyl (C=O) groups is 1. The first kappa shape index (κ1) is 18.0. The molecule has 1 aromatic carbocycles. The van der Waals surface area contributed by atoms with E-state index in [-0.39, 0.29) is 10.8 Å². The summed E-state index contributed by atoms with van der Waals surface area (Å²) in [5, 5.41) is 1.85. The number of aryl methyl sites for hydroxylation is 1. The third kappa shape index (κ3) is 3.83. The summed E-state index contributed by atoms with van der Waals surface area (Å²) in [5.41, 5.74) is 3.09. The van der Waals surface area contributed by atoms with Gasteiger partial charge < -0.3 is 14.0 Å². The molecule has 1 amide bonds. The fraction of sp³-hybridized carbons (Fsp3) is 0.450. The zero-order chi connectivity index (χ0) is 18.8. The number of amides is 1. The molecule has 0 radical (unpaired) electrons. The minimum atomic E-state index is 0.0174. The van der Waals surface area contributed by atoms with E-state index in [0.717, 1.165) is 49.2 Å². The van der Waals surface area contributed by atoms with Crippen LogP contribution in [0.15, 0.2) is 40.8 Å². The Labute approximate surface area is 162 Å². The normalized spacial score (nSPS) is 17.5. The molecular formula is C20H24N4O2S. The quantitative estimate of drug-likeness (QED) is 0.680. The van der Waals surface area contributed by atoms with Crippen LogP contribution < -0.4 is 4.87 Å². The van der Waals surface area contributed by atoms with Gasteiger partial charge in [-0.3, -0.25) is 9.59 Å². The number of likely N-dealkylation sites (tertiary alicyclic amines) is 1. The molecule has 3 heterocycles. The Morgan fingerprint density at radius 2 is 2.19 bits per heavy atom. The molecule has 3 aromatic rings. The molecule has 1 fully saturated rings. The lowest BCUT2D eigenvalue weighted by atomic mass is 9.97. The lowest BCUT2D eigenvalue weighted by Gasteiger charge is -2.33. The van der Waals surface area contributed by atoms with Crippen molar-refractivity contribution in [1.29, 1.82) is 0 Å². The van der Waals surface area contributed by atoms with Gasteiger partial charge in [0.15, 0.2) is 0 Å². The maximum atomic E-state index is 12.7. The van der Waals surface area contributed by atoms with Gasteiger partial charge in [-0.05, 0) is 37.8 Å². The van der Waals surface area contributed by atoms with Crippen LogP contribution in [0.25, 0.3) is 11.0 Å². The van der Waals surface area contributed by atoms with Crippen molar-refractivity contribution in [2.45, 2.75) is 39.3 Å². The highest BCUT2D eigenvalue weighted by molar-refractivity contribution is 7.07. The highest BCUT2D eigenvalue weighted by Gasteiger charge is 2.24. The Bertz CT molecular complexity index is 1000. The molecule has 4 rings (SSSR count). The molecule has 142 valence electrons. The number of rotatable bonds is 5. The molecule has 0 aliphatic carbocycles. The van der Waals surface area contributed by atoms with Crippen LogP contribution in [0, 0.1) is 12.8 Å². The second-order valence-electron chi connectivity index (χ2n) is 7.28. The number of nitrogens with zero attached hydrogens (tertiary/aromatic N) is 4. The molecule has 7 heteroatoms. The number of hydrogen-bond acceptors (Lipinski definition) is 4. The molecule has 0 bridgehead atoms. The van der Waals surface area contributed by atoms with Crippen molar-refractivity contribution < 1.29 is 4.79 Å². The zero-order valence-corrected chi connectivity index (χ0v) is 16.3. The molecule has 0 saturated carbocycles. The number of piperidine rings is 1. The van der Waals surface area contributed by atoms with E-state index in [1.54, 1.807) is 4.57 Å². The fourth-order valence-electron chi connectivity index (χ4n) is 3.91. The molecule has 1 aliphatic heterocycles. The Morgan fingerprint density at radius 1 is 1.33 bits per heavy atom. The second kappa shape index (κ2) is 7.68. The number of thiazole rings is 1. The van der Waals surface area contributed by atoms with Crippen LogP contribution in [-0.2, 0) is 17.9 Å². The van der Waals surface area contributed by atoms with Gasteiger partial charge in [0, 0.05) is 43.7 Å². The first-order chi connectivity index (χ1) is 13.1.